The fraction of sp³-hybridized carbons (Fsp3) is 0.471. The van der Waals surface area contributed by atoms with Crippen LogP contribution >= 0.6 is 0 Å². The maximum absolute atomic E-state index is 12.0. The molecule has 0 bridgehead atoms. The van der Waals surface area contributed by atoms with Gasteiger partial charge in [-0.1, -0.05) is 0 Å². The number of nitrogens with zero attached hydrogens (tertiary/aromatic N) is 2. The van der Waals surface area contributed by atoms with Crippen molar-refractivity contribution in [3.63, 3.8) is 0 Å². The summed E-state index contributed by atoms with van der Waals surface area (Å²) in [5.41, 5.74) is 0.772. The van der Waals surface area contributed by atoms with E-state index in [0.29, 0.717) is 0 Å². The number of benzene rings is 1. The number of carbonyl (C=O) groups excluding carboxylic acids is 1. The molecule has 2 rings (SSSR count). The topological polar surface area (TPSA) is 84.7 Å². The van der Waals surface area contributed by atoms with Gasteiger partial charge in [-0.05, 0) is 37.6 Å². The van der Waals surface area contributed by atoms with Crippen LogP contribution < -0.4 is 5.32 Å². The lowest BCUT2D eigenvalue weighted by Crippen LogP contribution is -2.51. The molecule has 24 heavy (non-hydrogen) atoms. The van der Waals surface area contributed by atoms with Crippen LogP contribution in [0.4, 0.5) is 5.69 Å². The van der Waals surface area contributed by atoms with E-state index in [1.165, 1.54) is 18.2 Å². The van der Waals surface area contributed by atoms with E-state index in [0.717, 1.165) is 31.9 Å². The molecule has 1 aromatic carbocycles. The zero-order valence-electron chi connectivity index (χ0n) is 14.0. The maximum Gasteiger partial charge on any atom is 0.269 e. The second kappa shape index (κ2) is 8.56. The first-order chi connectivity index (χ1) is 11.5. The molecule has 1 aliphatic rings. The second-order valence-electron chi connectivity index (χ2n) is 5.87. The van der Waals surface area contributed by atoms with Crippen LogP contribution in [0.2, 0.25) is 0 Å². The number of amides is 1. The Balaban J connectivity index is 1.85. The molecule has 1 fully saturated rings. The van der Waals surface area contributed by atoms with Gasteiger partial charge in [-0.15, -0.1) is 0 Å². The first-order valence-corrected chi connectivity index (χ1v) is 8.02. The van der Waals surface area contributed by atoms with Crippen LogP contribution in [0.3, 0.4) is 0 Å². The van der Waals surface area contributed by atoms with Crippen molar-refractivity contribution < 1.29 is 14.5 Å². The van der Waals surface area contributed by atoms with Crippen molar-refractivity contribution >= 4 is 17.7 Å². The molecule has 0 radical (unpaired) electrons. The number of hydrogen-bond acceptors (Lipinski definition) is 5. The van der Waals surface area contributed by atoms with Crippen molar-refractivity contribution in [2.45, 2.75) is 25.9 Å². The largest absolute Gasteiger partial charge is 0.379 e. The highest BCUT2D eigenvalue weighted by Gasteiger charge is 2.22. The normalized spacial score (nSPS) is 18.2. The zero-order valence-corrected chi connectivity index (χ0v) is 14.0. The van der Waals surface area contributed by atoms with Gasteiger partial charge in [0.05, 0.1) is 18.1 Å². The number of ether oxygens (including phenoxy) is 1. The molecule has 0 spiro atoms. The minimum atomic E-state index is -0.449. The van der Waals surface area contributed by atoms with Crippen molar-refractivity contribution in [2.75, 3.05) is 26.3 Å². The minimum absolute atomic E-state index is 0.0112. The molecule has 1 aliphatic heterocycles. The first kappa shape index (κ1) is 18.1. The molecule has 2 unspecified atom stereocenters. The molecule has 130 valence electrons. The second-order valence-corrected chi connectivity index (χ2v) is 5.87. The van der Waals surface area contributed by atoms with Crippen molar-refractivity contribution in [3.05, 3.63) is 46.0 Å². The van der Waals surface area contributed by atoms with Gasteiger partial charge in [0.25, 0.3) is 5.69 Å². The Labute approximate surface area is 141 Å². The van der Waals surface area contributed by atoms with Crippen LogP contribution in [0, 0.1) is 10.1 Å². The van der Waals surface area contributed by atoms with Gasteiger partial charge in [-0.3, -0.25) is 19.8 Å². The smallest absolute Gasteiger partial charge is 0.269 e. The number of carbonyl (C=O) groups is 1. The lowest BCUT2D eigenvalue weighted by atomic mass is 10.1. The molecule has 1 N–H and O–H groups in total. The first-order valence-electron chi connectivity index (χ1n) is 8.02. The average molecular weight is 333 g/mol. The molecular weight excluding hydrogens is 310 g/mol. The predicted octanol–water partition coefficient (Wildman–Crippen LogP) is 1.83. The van der Waals surface area contributed by atoms with Crippen LogP contribution in [0.5, 0.6) is 0 Å². The summed E-state index contributed by atoms with van der Waals surface area (Å²) < 4.78 is 5.34. The highest BCUT2D eigenvalue weighted by atomic mass is 16.6. The summed E-state index contributed by atoms with van der Waals surface area (Å²) in [5, 5.41) is 13.6. The van der Waals surface area contributed by atoms with Gasteiger partial charge < -0.3 is 10.1 Å². The Hall–Kier alpha value is -2.25. The van der Waals surface area contributed by atoms with E-state index in [4.69, 9.17) is 4.74 Å². The lowest BCUT2D eigenvalue weighted by Gasteiger charge is -2.35. The van der Waals surface area contributed by atoms with Crippen molar-refractivity contribution in [3.8, 4) is 0 Å². The standard InChI is InChI=1S/C17H23N3O4/c1-13(14(2)19-9-11-24-12-10-19)18-17(21)8-5-15-3-6-16(7-4-15)20(22)23/h3-8,13-14H,9-12H2,1-2H3,(H,18,21)/b8-5+. The Kier molecular flexibility index (Phi) is 6.45. The van der Waals surface area contributed by atoms with Crippen LogP contribution in [-0.2, 0) is 9.53 Å². The highest BCUT2D eigenvalue weighted by Crippen LogP contribution is 2.13. The SMILES string of the molecule is CC(NC(=O)/C=C/c1ccc([N+](=O)[O-])cc1)C(C)N1CCOCC1. The van der Waals surface area contributed by atoms with E-state index < -0.39 is 4.92 Å². The van der Waals surface area contributed by atoms with Crippen LogP contribution in [0.15, 0.2) is 30.3 Å². The Bertz CT molecular complexity index is 594. The van der Waals surface area contributed by atoms with Crippen LogP contribution in [0.25, 0.3) is 6.08 Å². The summed E-state index contributed by atoms with van der Waals surface area (Å²) in [5.74, 6) is -0.180. The van der Waals surface area contributed by atoms with E-state index >= 15 is 0 Å². The summed E-state index contributed by atoms with van der Waals surface area (Å²) in [6.45, 7) is 7.28. The molecule has 1 saturated heterocycles. The van der Waals surface area contributed by atoms with Gasteiger partial charge in [0, 0.05) is 43.4 Å². The van der Waals surface area contributed by atoms with Crippen molar-refractivity contribution in [1.82, 2.24) is 10.2 Å². The highest BCUT2D eigenvalue weighted by molar-refractivity contribution is 5.91. The van der Waals surface area contributed by atoms with E-state index in [2.05, 4.69) is 17.1 Å². The fourth-order valence-electron chi connectivity index (χ4n) is 2.57. The summed E-state index contributed by atoms with van der Waals surface area (Å²) in [4.78, 5) is 24.5. The van der Waals surface area contributed by atoms with E-state index in [9.17, 15) is 14.9 Å². The van der Waals surface area contributed by atoms with Crippen LogP contribution in [0.1, 0.15) is 19.4 Å². The summed E-state index contributed by atoms with van der Waals surface area (Å²) >= 11 is 0. The van der Waals surface area contributed by atoms with Crippen molar-refractivity contribution in [2.24, 2.45) is 0 Å². The van der Waals surface area contributed by atoms with Gasteiger partial charge in [0.2, 0.25) is 5.91 Å². The van der Waals surface area contributed by atoms with E-state index in [1.807, 2.05) is 6.92 Å². The molecule has 2 atom stereocenters. The van der Waals surface area contributed by atoms with Gasteiger partial charge >= 0.3 is 0 Å². The summed E-state index contributed by atoms with van der Waals surface area (Å²) in [7, 11) is 0. The van der Waals surface area contributed by atoms with Crippen LogP contribution in [-0.4, -0.2) is 54.1 Å². The summed E-state index contributed by atoms with van der Waals surface area (Å²) in [6.07, 6.45) is 3.09. The molecule has 0 aliphatic carbocycles. The number of non-ortho nitro benzene ring substituents is 1. The Morgan fingerprint density at radius 2 is 1.92 bits per heavy atom. The lowest BCUT2D eigenvalue weighted by molar-refractivity contribution is -0.384. The van der Waals surface area contributed by atoms with Gasteiger partial charge in [0.15, 0.2) is 0 Å². The van der Waals surface area contributed by atoms with E-state index in [1.54, 1.807) is 18.2 Å². The molecule has 7 heteroatoms. The summed E-state index contributed by atoms with van der Waals surface area (Å²) in [6, 6.07) is 6.30. The van der Waals surface area contributed by atoms with Gasteiger partial charge in [-0.2, -0.15) is 0 Å². The third-order valence-corrected chi connectivity index (χ3v) is 4.25. The molecule has 1 heterocycles. The fourth-order valence-corrected chi connectivity index (χ4v) is 2.57. The quantitative estimate of drug-likeness (QED) is 0.488. The average Bonchev–Trinajstić information content (AvgIpc) is 2.60. The molecule has 1 amide bonds. The predicted molar refractivity (Wildman–Crippen MR) is 91.6 cm³/mol. The zero-order chi connectivity index (χ0) is 17.5. The molecular formula is C17H23N3O4. The van der Waals surface area contributed by atoms with Gasteiger partial charge in [0.1, 0.15) is 0 Å². The van der Waals surface area contributed by atoms with Gasteiger partial charge in [-0.25, -0.2) is 0 Å². The van der Waals surface area contributed by atoms with Crippen molar-refractivity contribution in [1.29, 1.82) is 0 Å². The number of morpholine rings is 1. The number of hydrogen-bond donors (Lipinski definition) is 1. The number of rotatable bonds is 6. The Morgan fingerprint density at radius 3 is 2.50 bits per heavy atom. The minimum Gasteiger partial charge on any atom is -0.379 e. The van der Waals surface area contributed by atoms with E-state index in [-0.39, 0.29) is 23.7 Å². The monoisotopic (exact) mass is 333 g/mol. The Morgan fingerprint density at radius 1 is 1.29 bits per heavy atom. The third-order valence-electron chi connectivity index (χ3n) is 4.25. The maximum atomic E-state index is 12.0. The molecule has 7 nitrogen and oxygen atoms in total. The molecule has 0 saturated carbocycles. The number of nitrogens with one attached hydrogen (secondary N) is 1. The molecule has 1 aromatic rings. The third kappa shape index (κ3) is 5.14. The number of nitro groups is 1. The molecule has 0 aromatic heterocycles. The number of nitro benzene ring substituents is 1.